The first-order valence-corrected chi connectivity index (χ1v) is 6.30. The van der Waals surface area contributed by atoms with Crippen LogP contribution in [0.5, 0.6) is 0 Å². The second-order valence-electron chi connectivity index (χ2n) is 4.62. The SMILES string of the molecule is CCC1C(=O)NCCN1Cc1c(C(=O)O)cnn1C. The first kappa shape index (κ1) is 13.5. The van der Waals surface area contributed by atoms with Crippen LogP contribution in [0, 0.1) is 0 Å². The molecule has 1 aromatic heterocycles. The molecule has 2 rings (SSSR count). The summed E-state index contributed by atoms with van der Waals surface area (Å²) in [6.07, 6.45) is 2.05. The summed E-state index contributed by atoms with van der Waals surface area (Å²) in [5, 5.41) is 15.9. The van der Waals surface area contributed by atoms with Crippen molar-refractivity contribution in [3.63, 3.8) is 0 Å². The van der Waals surface area contributed by atoms with Gasteiger partial charge >= 0.3 is 5.97 Å². The number of aromatic nitrogens is 2. The van der Waals surface area contributed by atoms with Gasteiger partial charge in [0, 0.05) is 26.7 Å². The van der Waals surface area contributed by atoms with Crippen LogP contribution >= 0.6 is 0 Å². The Bertz CT molecular complexity index is 497. The van der Waals surface area contributed by atoms with E-state index in [9.17, 15) is 9.59 Å². The molecule has 7 nitrogen and oxygen atoms in total. The zero-order valence-corrected chi connectivity index (χ0v) is 11.1. The highest BCUT2D eigenvalue weighted by molar-refractivity contribution is 5.88. The fourth-order valence-corrected chi connectivity index (χ4v) is 2.42. The summed E-state index contributed by atoms with van der Waals surface area (Å²) < 4.78 is 1.56. The first-order valence-electron chi connectivity index (χ1n) is 6.30. The van der Waals surface area contributed by atoms with E-state index in [1.165, 1.54) is 6.20 Å². The van der Waals surface area contributed by atoms with Crippen LogP contribution in [0.3, 0.4) is 0 Å². The van der Waals surface area contributed by atoms with Gasteiger partial charge in [0.2, 0.25) is 5.91 Å². The Morgan fingerprint density at radius 2 is 2.37 bits per heavy atom. The number of carbonyl (C=O) groups excluding carboxylic acids is 1. The smallest absolute Gasteiger partial charge is 0.339 e. The fraction of sp³-hybridized carbons (Fsp3) is 0.583. The molecule has 1 aliphatic rings. The third-order valence-electron chi connectivity index (χ3n) is 3.47. The van der Waals surface area contributed by atoms with Crippen LogP contribution in [0.1, 0.15) is 29.4 Å². The zero-order chi connectivity index (χ0) is 14.0. The number of carboxylic acid groups (broad SMARTS) is 1. The average Bonchev–Trinajstić information content (AvgIpc) is 2.71. The average molecular weight is 266 g/mol. The maximum atomic E-state index is 11.8. The highest BCUT2D eigenvalue weighted by Gasteiger charge is 2.29. The molecule has 7 heteroatoms. The van der Waals surface area contributed by atoms with Crippen molar-refractivity contribution in [3.8, 4) is 0 Å². The van der Waals surface area contributed by atoms with Gasteiger partial charge in [0.05, 0.1) is 17.9 Å². The topological polar surface area (TPSA) is 87.5 Å². The highest BCUT2D eigenvalue weighted by atomic mass is 16.4. The van der Waals surface area contributed by atoms with Crippen LogP contribution < -0.4 is 5.32 Å². The van der Waals surface area contributed by atoms with Crippen molar-refractivity contribution in [1.29, 1.82) is 0 Å². The predicted molar refractivity (Wildman–Crippen MR) is 67.7 cm³/mol. The van der Waals surface area contributed by atoms with Gasteiger partial charge in [0.15, 0.2) is 0 Å². The van der Waals surface area contributed by atoms with Gasteiger partial charge in [-0.2, -0.15) is 5.10 Å². The Labute approximate surface area is 111 Å². The van der Waals surface area contributed by atoms with Crippen molar-refractivity contribution >= 4 is 11.9 Å². The van der Waals surface area contributed by atoms with Crippen LogP contribution in [-0.4, -0.2) is 50.8 Å². The standard InChI is InChI=1S/C12H18N4O3/c1-3-9-11(17)13-4-5-16(9)7-10-8(12(18)19)6-14-15(10)2/h6,9H,3-5,7H2,1-2H3,(H,13,17)(H,18,19). The van der Waals surface area contributed by atoms with Crippen LogP contribution in [0.25, 0.3) is 0 Å². The minimum atomic E-state index is -0.988. The second kappa shape index (κ2) is 5.40. The van der Waals surface area contributed by atoms with E-state index in [2.05, 4.69) is 10.4 Å². The summed E-state index contributed by atoms with van der Waals surface area (Å²) in [6, 6.07) is -0.203. The quantitative estimate of drug-likeness (QED) is 0.790. The number of piperazine rings is 1. The van der Waals surface area contributed by atoms with Gasteiger partial charge in [-0.05, 0) is 6.42 Å². The molecule has 1 aliphatic heterocycles. The molecule has 0 aliphatic carbocycles. The van der Waals surface area contributed by atoms with E-state index in [1.807, 2.05) is 11.8 Å². The number of carboxylic acids is 1. The summed E-state index contributed by atoms with van der Waals surface area (Å²) in [5.74, 6) is -0.981. The molecule has 1 amide bonds. The maximum absolute atomic E-state index is 11.8. The Morgan fingerprint density at radius 3 is 3.00 bits per heavy atom. The van der Waals surface area contributed by atoms with Crippen LogP contribution in [0.4, 0.5) is 0 Å². The van der Waals surface area contributed by atoms with E-state index in [0.29, 0.717) is 31.7 Å². The molecule has 0 saturated carbocycles. The molecule has 1 aromatic rings. The van der Waals surface area contributed by atoms with Crippen LogP contribution in [0.2, 0.25) is 0 Å². The maximum Gasteiger partial charge on any atom is 0.339 e. The summed E-state index contributed by atoms with van der Waals surface area (Å²) in [4.78, 5) is 24.9. The third-order valence-corrected chi connectivity index (χ3v) is 3.47. The molecule has 0 radical (unpaired) electrons. The van der Waals surface area contributed by atoms with E-state index in [0.717, 1.165) is 0 Å². The number of carbonyl (C=O) groups is 2. The molecular formula is C12H18N4O3. The summed E-state index contributed by atoms with van der Waals surface area (Å²) in [5.41, 5.74) is 0.823. The molecule has 19 heavy (non-hydrogen) atoms. The highest BCUT2D eigenvalue weighted by Crippen LogP contribution is 2.16. The third kappa shape index (κ3) is 2.60. The van der Waals surface area contributed by atoms with E-state index >= 15 is 0 Å². The summed E-state index contributed by atoms with van der Waals surface area (Å²) in [7, 11) is 1.72. The normalized spacial score (nSPS) is 20.3. The van der Waals surface area contributed by atoms with Crippen molar-refractivity contribution in [1.82, 2.24) is 20.0 Å². The number of nitrogens with zero attached hydrogens (tertiary/aromatic N) is 3. The van der Waals surface area contributed by atoms with Gasteiger partial charge in [0.1, 0.15) is 5.56 Å². The largest absolute Gasteiger partial charge is 0.478 e. The fourth-order valence-electron chi connectivity index (χ4n) is 2.42. The Hall–Kier alpha value is -1.89. The van der Waals surface area contributed by atoms with Crippen molar-refractivity contribution in [3.05, 3.63) is 17.5 Å². The Kier molecular flexibility index (Phi) is 3.84. The summed E-state index contributed by atoms with van der Waals surface area (Å²) >= 11 is 0. The number of rotatable bonds is 4. The lowest BCUT2D eigenvalue weighted by molar-refractivity contribution is -0.129. The molecule has 0 bridgehead atoms. The van der Waals surface area contributed by atoms with E-state index < -0.39 is 5.97 Å². The van der Waals surface area contributed by atoms with Crippen molar-refractivity contribution in [2.75, 3.05) is 13.1 Å². The zero-order valence-electron chi connectivity index (χ0n) is 11.1. The van der Waals surface area contributed by atoms with E-state index in [4.69, 9.17) is 5.11 Å². The van der Waals surface area contributed by atoms with Gasteiger partial charge in [0.25, 0.3) is 0 Å². The molecule has 1 saturated heterocycles. The lowest BCUT2D eigenvalue weighted by Gasteiger charge is -2.34. The lowest BCUT2D eigenvalue weighted by Crippen LogP contribution is -2.54. The lowest BCUT2D eigenvalue weighted by atomic mass is 10.1. The monoisotopic (exact) mass is 266 g/mol. The van der Waals surface area contributed by atoms with Crippen LogP contribution in [0.15, 0.2) is 6.20 Å². The number of nitrogens with one attached hydrogen (secondary N) is 1. The second-order valence-corrected chi connectivity index (χ2v) is 4.62. The molecule has 104 valence electrons. The van der Waals surface area contributed by atoms with Gasteiger partial charge in [-0.15, -0.1) is 0 Å². The molecule has 2 N–H and O–H groups in total. The molecule has 0 spiro atoms. The number of hydrogen-bond donors (Lipinski definition) is 2. The number of amides is 1. The molecule has 1 atom stereocenters. The molecule has 2 heterocycles. The van der Waals surface area contributed by atoms with Gasteiger partial charge in [-0.3, -0.25) is 14.4 Å². The molecule has 1 unspecified atom stereocenters. The summed E-state index contributed by atoms with van der Waals surface area (Å²) in [6.45, 7) is 3.68. The van der Waals surface area contributed by atoms with Gasteiger partial charge in [-0.25, -0.2) is 4.79 Å². The number of aromatic carboxylic acids is 1. The Morgan fingerprint density at radius 1 is 1.63 bits per heavy atom. The number of hydrogen-bond acceptors (Lipinski definition) is 4. The van der Waals surface area contributed by atoms with Crippen molar-refractivity contribution in [2.45, 2.75) is 25.9 Å². The first-order chi connectivity index (χ1) is 9.04. The van der Waals surface area contributed by atoms with E-state index in [1.54, 1.807) is 11.7 Å². The van der Waals surface area contributed by atoms with Gasteiger partial charge < -0.3 is 10.4 Å². The van der Waals surface area contributed by atoms with Gasteiger partial charge in [-0.1, -0.05) is 6.92 Å². The minimum absolute atomic E-state index is 0.00722. The number of aryl methyl sites for hydroxylation is 1. The molecular weight excluding hydrogens is 248 g/mol. The predicted octanol–water partition coefficient (Wildman–Crippen LogP) is -0.171. The van der Waals surface area contributed by atoms with Crippen molar-refractivity contribution in [2.24, 2.45) is 7.05 Å². The van der Waals surface area contributed by atoms with Crippen molar-refractivity contribution < 1.29 is 14.7 Å². The minimum Gasteiger partial charge on any atom is -0.478 e. The van der Waals surface area contributed by atoms with Crippen LogP contribution in [-0.2, 0) is 18.4 Å². The molecule has 0 aromatic carbocycles. The van der Waals surface area contributed by atoms with E-state index in [-0.39, 0.29) is 17.5 Å². The Balaban J connectivity index is 2.22. The molecule has 1 fully saturated rings.